The number of hydrogen-bond acceptors (Lipinski definition) is 3. The minimum absolute atomic E-state index is 0.0359. The fraction of sp³-hybridized carbons (Fsp3) is 0.500. The lowest BCUT2D eigenvalue weighted by Gasteiger charge is -2.24. The lowest BCUT2D eigenvalue weighted by molar-refractivity contribution is -0.138. The summed E-state index contributed by atoms with van der Waals surface area (Å²) < 4.78 is 18.1. The molecule has 1 aromatic rings. The molecule has 1 N–H and O–H groups in total. The fourth-order valence-electron chi connectivity index (χ4n) is 1.68. The zero-order valence-corrected chi connectivity index (χ0v) is 11.3. The molecule has 1 rings (SSSR count). The van der Waals surface area contributed by atoms with E-state index in [1.165, 1.54) is 12.1 Å². The summed E-state index contributed by atoms with van der Waals surface area (Å²) in [5.74, 6) is -0.497. The van der Waals surface area contributed by atoms with Gasteiger partial charge in [0.25, 0.3) is 0 Å². The van der Waals surface area contributed by atoms with E-state index in [0.717, 1.165) is 6.42 Å². The number of carboxylic acids is 1. The summed E-state index contributed by atoms with van der Waals surface area (Å²) in [7, 11) is 0. The summed E-state index contributed by atoms with van der Waals surface area (Å²) in [5.41, 5.74) is 0. The van der Waals surface area contributed by atoms with Crippen LogP contribution in [0, 0.1) is 5.82 Å². The SMILES string of the molecule is CC(C)N(CCCOc1ccc(F)cc1)CC(=O)O. The van der Waals surface area contributed by atoms with Gasteiger partial charge in [-0.25, -0.2) is 4.39 Å². The normalized spacial score (nSPS) is 11.0. The highest BCUT2D eigenvalue weighted by molar-refractivity contribution is 5.69. The maximum atomic E-state index is 12.7. The van der Waals surface area contributed by atoms with Gasteiger partial charge in [0, 0.05) is 12.6 Å². The molecule has 0 amide bonds. The smallest absolute Gasteiger partial charge is 0.317 e. The van der Waals surface area contributed by atoms with Crippen molar-refractivity contribution in [3.8, 4) is 5.75 Å². The zero-order valence-electron chi connectivity index (χ0n) is 11.3. The Morgan fingerprint density at radius 1 is 1.37 bits per heavy atom. The molecular weight excluding hydrogens is 249 g/mol. The van der Waals surface area contributed by atoms with Crippen LogP contribution in [0.25, 0.3) is 0 Å². The van der Waals surface area contributed by atoms with Gasteiger partial charge in [0.2, 0.25) is 0 Å². The Morgan fingerprint density at radius 3 is 2.53 bits per heavy atom. The number of halogens is 1. The molecule has 0 fully saturated rings. The predicted octanol–water partition coefficient (Wildman–Crippen LogP) is 2.39. The van der Waals surface area contributed by atoms with E-state index >= 15 is 0 Å². The summed E-state index contributed by atoms with van der Waals surface area (Å²) >= 11 is 0. The van der Waals surface area contributed by atoms with E-state index in [9.17, 15) is 9.18 Å². The second kappa shape index (κ2) is 7.74. The lowest BCUT2D eigenvalue weighted by Crippen LogP contribution is -2.36. The fourth-order valence-corrected chi connectivity index (χ4v) is 1.68. The Morgan fingerprint density at radius 2 is 2.00 bits per heavy atom. The van der Waals surface area contributed by atoms with Gasteiger partial charge in [-0.3, -0.25) is 9.69 Å². The number of hydrogen-bond donors (Lipinski definition) is 1. The molecule has 0 saturated heterocycles. The lowest BCUT2D eigenvalue weighted by atomic mass is 10.3. The van der Waals surface area contributed by atoms with E-state index in [1.54, 1.807) is 12.1 Å². The van der Waals surface area contributed by atoms with Crippen molar-refractivity contribution in [2.45, 2.75) is 26.3 Å². The largest absolute Gasteiger partial charge is 0.494 e. The maximum absolute atomic E-state index is 12.7. The third-order valence-corrected chi connectivity index (χ3v) is 2.74. The van der Waals surface area contributed by atoms with Gasteiger partial charge in [0.1, 0.15) is 11.6 Å². The van der Waals surface area contributed by atoms with Crippen LogP contribution in [0.15, 0.2) is 24.3 Å². The molecule has 19 heavy (non-hydrogen) atoms. The Labute approximate surface area is 112 Å². The van der Waals surface area contributed by atoms with Gasteiger partial charge >= 0.3 is 5.97 Å². The molecule has 0 heterocycles. The first-order chi connectivity index (χ1) is 8.99. The van der Waals surface area contributed by atoms with Gasteiger partial charge in [0.05, 0.1) is 13.2 Å². The molecule has 0 unspecified atom stereocenters. The van der Waals surface area contributed by atoms with E-state index in [1.807, 2.05) is 18.7 Å². The first-order valence-electron chi connectivity index (χ1n) is 6.33. The molecule has 4 nitrogen and oxygen atoms in total. The van der Waals surface area contributed by atoms with Crippen LogP contribution in [0.3, 0.4) is 0 Å². The Balaban J connectivity index is 2.28. The van der Waals surface area contributed by atoms with Crippen molar-refractivity contribution < 1.29 is 19.0 Å². The van der Waals surface area contributed by atoms with Gasteiger partial charge < -0.3 is 9.84 Å². The van der Waals surface area contributed by atoms with Crippen molar-refractivity contribution in [2.75, 3.05) is 19.7 Å². The van der Waals surface area contributed by atoms with Gasteiger partial charge in [-0.1, -0.05) is 0 Å². The van der Waals surface area contributed by atoms with Crippen LogP contribution in [-0.4, -0.2) is 41.7 Å². The van der Waals surface area contributed by atoms with Crippen molar-refractivity contribution in [1.29, 1.82) is 0 Å². The number of carboxylic acid groups (broad SMARTS) is 1. The van der Waals surface area contributed by atoms with Gasteiger partial charge in [-0.2, -0.15) is 0 Å². The van der Waals surface area contributed by atoms with Crippen molar-refractivity contribution in [1.82, 2.24) is 4.90 Å². The summed E-state index contributed by atoms with van der Waals surface area (Å²) in [5, 5.41) is 8.78. The Hall–Kier alpha value is -1.62. The second-order valence-corrected chi connectivity index (χ2v) is 4.61. The highest BCUT2D eigenvalue weighted by atomic mass is 19.1. The first-order valence-corrected chi connectivity index (χ1v) is 6.33. The topological polar surface area (TPSA) is 49.8 Å². The van der Waals surface area contributed by atoms with Crippen LogP contribution in [-0.2, 0) is 4.79 Å². The van der Waals surface area contributed by atoms with Crippen LogP contribution in [0.2, 0.25) is 0 Å². The molecule has 0 bridgehead atoms. The second-order valence-electron chi connectivity index (χ2n) is 4.61. The van der Waals surface area contributed by atoms with Gasteiger partial charge in [-0.15, -0.1) is 0 Å². The number of benzene rings is 1. The third-order valence-electron chi connectivity index (χ3n) is 2.74. The highest BCUT2D eigenvalue weighted by Crippen LogP contribution is 2.11. The minimum Gasteiger partial charge on any atom is -0.494 e. The number of rotatable bonds is 8. The van der Waals surface area contributed by atoms with E-state index in [0.29, 0.717) is 18.9 Å². The summed E-state index contributed by atoms with van der Waals surface area (Å²) in [6, 6.07) is 6.03. The molecule has 1 aromatic carbocycles. The number of ether oxygens (including phenoxy) is 1. The van der Waals surface area contributed by atoms with Crippen LogP contribution in [0.1, 0.15) is 20.3 Å². The Kier molecular flexibility index (Phi) is 6.29. The molecule has 0 aliphatic carbocycles. The molecular formula is C14H20FNO3. The molecule has 5 heteroatoms. The van der Waals surface area contributed by atoms with E-state index in [4.69, 9.17) is 9.84 Å². The van der Waals surface area contributed by atoms with Crippen LogP contribution in [0.4, 0.5) is 4.39 Å². The van der Waals surface area contributed by atoms with Gasteiger partial charge in [0.15, 0.2) is 0 Å². The van der Waals surface area contributed by atoms with Crippen LogP contribution >= 0.6 is 0 Å². The van der Waals surface area contributed by atoms with Crippen LogP contribution < -0.4 is 4.74 Å². The highest BCUT2D eigenvalue weighted by Gasteiger charge is 2.12. The van der Waals surface area contributed by atoms with Crippen molar-refractivity contribution in [3.05, 3.63) is 30.1 Å². The minimum atomic E-state index is -0.826. The van der Waals surface area contributed by atoms with E-state index in [-0.39, 0.29) is 18.4 Å². The van der Waals surface area contributed by atoms with Crippen molar-refractivity contribution in [2.24, 2.45) is 0 Å². The van der Waals surface area contributed by atoms with Crippen LogP contribution in [0.5, 0.6) is 5.75 Å². The zero-order chi connectivity index (χ0) is 14.3. The average Bonchev–Trinajstić information content (AvgIpc) is 2.34. The third kappa shape index (κ3) is 6.20. The van der Waals surface area contributed by atoms with E-state index < -0.39 is 5.97 Å². The molecule has 0 aliphatic heterocycles. The quantitative estimate of drug-likeness (QED) is 0.736. The summed E-state index contributed by atoms with van der Waals surface area (Å²) in [6.45, 7) is 5.10. The van der Waals surface area contributed by atoms with E-state index in [2.05, 4.69) is 0 Å². The van der Waals surface area contributed by atoms with Crippen molar-refractivity contribution in [3.63, 3.8) is 0 Å². The van der Waals surface area contributed by atoms with Crippen molar-refractivity contribution >= 4 is 5.97 Å². The Bertz CT molecular complexity index is 392. The number of carbonyl (C=O) groups is 1. The predicted molar refractivity (Wildman–Crippen MR) is 70.9 cm³/mol. The summed E-state index contributed by atoms with van der Waals surface area (Å²) in [4.78, 5) is 12.6. The van der Waals surface area contributed by atoms with Gasteiger partial charge in [-0.05, 0) is 44.5 Å². The summed E-state index contributed by atoms with van der Waals surface area (Å²) in [6.07, 6.45) is 0.725. The molecule has 106 valence electrons. The monoisotopic (exact) mass is 269 g/mol. The molecule has 0 aliphatic rings. The number of nitrogens with zero attached hydrogens (tertiary/aromatic N) is 1. The average molecular weight is 269 g/mol. The molecule has 0 radical (unpaired) electrons. The first kappa shape index (κ1) is 15.4. The molecule has 0 spiro atoms. The molecule has 0 atom stereocenters. The molecule has 0 aromatic heterocycles. The maximum Gasteiger partial charge on any atom is 0.317 e. The molecule has 0 saturated carbocycles. The number of aliphatic carboxylic acids is 1. The standard InChI is InChI=1S/C14H20FNO3/c1-11(2)16(10-14(17)18)8-3-9-19-13-6-4-12(15)5-7-13/h4-7,11H,3,8-10H2,1-2H3,(H,17,18).